The van der Waals surface area contributed by atoms with Crippen molar-refractivity contribution in [3.8, 4) is 0 Å². The number of rotatable bonds is 33. The fourth-order valence-corrected chi connectivity index (χ4v) is 4.68. The Kier molecular flexibility index (Phi) is 31.3. The van der Waals surface area contributed by atoms with Gasteiger partial charge < -0.3 is 42.7 Å². The minimum Gasteiger partial charge on any atom is -0.432 e. The van der Waals surface area contributed by atoms with E-state index in [2.05, 4.69) is 0 Å². The molecule has 0 aromatic carbocycles. The van der Waals surface area contributed by atoms with Crippen LogP contribution >= 0.6 is 0 Å². The topological polar surface area (TPSA) is 94.1 Å². The summed E-state index contributed by atoms with van der Waals surface area (Å²) in [5.74, 6) is 0. The number of hydrogen-bond donors (Lipinski definition) is 1. The third kappa shape index (κ3) is 35.9. The Balaban J connectivity index is 3.04. The summed E-state index contributed by atoms with van der Waals surface area (Å²) in [5.41, 5.74) is 0. The zero-order valence-electron chi connectivity index (χ0n) is 24.9. The fourth-order valence-electron chi connectivity index (χ4n) is 3.56. The van der Waals surface area contributed by atoms with Crippen LogP contribution in [-0.4, -0.2) is 119 Å². The van der Waals surface area contributed by atoms with Gasteiger partial charge in [0.25, 0.3) is 0 Å². The highest BCUT2D eigenvalue weighted by Crippen LogP contribution is 2.14. The summed E-state index contributed by atoms with van der Waals surface area (Å²) in [7, 11) is -0.169. The molecule has 0 atom stereocenters. The molecular formula is C28H60O9Si. The van der Waals surface area contributed by atoms with Gasteiger partial charge in [0.05, 0.1) is 92.5 Å². The van der Waals surface area contributed by atoms with Gasteiger partial charge in [-0.25, -0.2) is 0 Å². The summed E-state index contributed by atoms with van der Waals surface area (Å²) in [4.78, 5) is 9.83. The average Bonchev–Trinajstić information content (AvgIpc) is 2.88. The van der Waals surface area contributed by atoms with Gasteiger partial charge in [-0.1, -0.05) is 51.4 Å². The monoisotopic (exact) mass is 568 g/mol. The zero-order chi connectivity index (χ0) is 27.8. The highest BCUT2D eigenvalue weighted by atomic mass is 28.4. The maximum Gasteiger partial charge on any atom is 0.182 e. The van der Waals surface area contributed by atoms with E-state index in [0.29, 0.717) is 92.5 Å². The molecule has 38 heavy (non-hydrogen) atoms. The molecule has 0 rings (SSSR count). The summed E-state index contributed by atoms with van der Waals surface area (Å²) in [6.07, 6.45) is 11.4. The van der Waals surface area contributed by atoms with Crippen LogP contribution in [0.15, 0.2) is 0 Å². The van der Waals surface area contributed by atoms with E-state index in [4.69, 9.17) is 37.9 Å². The Labute approximate surface area is 234 Å². The van der Waals surface area contributed by atoms with Gasteiger partial charge in [0.2, 0.25) is 0 Å². The summed E-state index contributed by atoms with van der Waals surface area (Å²) in [6, 6.07) is 1.05. The molecule has 0 aromatic heterocycles. The van der Waals surface area contributed by atoms with Gasteiger partial charge in [-0.05, 0) is 25.6 Å². The first kappa shape index (κ1) is 37.9. The first-order chi connectivity index (χ1) is 18.6. The summed E-state index contributed by atoms with van der Waals surface area (Å²) < 4.78 is 43.2. The normalized spacial score (nSPS) is 12.0. The van der Waals surface area contributed by atoms with Crippen LogP contribution in [0.1, 0.15) is 57.8 Å². The van der Waals surface area contributed by atoms with Gasteiger partial charge in [0, 0.05) is 13.7 Å². The molecule has 1 N–H and O–H groups in total. The maximum absolute atomic E-state index is 9.83. The van der Waals surface area contributed by atoms with Crippen molar-refractivity contribution in [3.63, 3.8) is 0 Å². The molecule has 0 aliphatic rings. The second kappa shape index (κ2) is 31.4. The Morgan fingerprint density at radius 1 is 0.368 bits per heavy atom. The smallest absolute Gasteiger partial charge is 0.182 e. The SMILES string of the molecule is COCCOCCOCCOCCOCCOCCOCCOCCCCCCCCCCC[Si](C)(C)O. The molecule has 0 spiro atoms. The van der Waals surface area contributed by atoms with Crippen LogP contribution in [0.4, 0.5) is 0 Å². The van der Waals surface area contributed by atoms with E-state index in [1.54, 1.807) is 7.11 Å². The van der Waals surface area contributed by atoms with Crippen molar-refractivity contribution in [1.82, 2.24) is 0 Å². The molecule has 230 valence electrons. The van der Waals surface area contributed by atoms with Gasteiger partial charge in [-0.2, -0.15) is 0 Å². The number of ether oxygens (including phenoxy) is 8. The molecular weight excluding hydrogens is 508 g/mol. The van der Waals surface area contributed by atoms with Gasteiger partial charge >= 0.3 is 0 Å². The molecule has 10 heteroatoms. The molecule has 0 fully saturated rings. The predicted molar refractivity (Wildman–Crippen MR) is 154 cm³/mol. The highest BCUT2D eigenvalue weighted by Gasteiger charge is 2.15. The quantitative estimate of drug-likeness (QED) is 0.0910. The van der Waals surface area contributed by atoms with Crippen LogP contribution in [0.2, 0.25) is 19.1 Å². The Hall–Kier alpha value is -0.143. The van der Waals surface area contributed by atoms with E-state index in [1.807, 2.05) is 13.1 Å². The molecule has 0 unspecified atom stereocenters. The Bertz CT molecular complexity index is 439. The molecule has 0 aromatic rings. The summed E-state index contributed by atoms with van der Waals surface area (Å²) >= 11 is 0. The second-order valence-corrected chi connectivity index (χ2v) is 14.1. The minimum atomic E-state index is -1.82. The van der Waals surface area contributed by atoms with Gasteiger partial charge in [-0.3, -0.25) is 0 Å². The average molecular weight is 569 g/mol. The standard InChI is InChI=1S/C28H60O9Si/c1-30-14-15-32-18-19-34-22-23-36-26-27-37-25-24-35-21-20-33-17-16-31-13-11-9-7-5-4-6-8-10-12-28-38(2,3)29/h29H,4-28H2,1-3H3. The van der Waals surface area contributed by atoms with E-state index >= 15 is 0 Å². The highest BCUT2D eigenvalue weighted by molar-refractivity contribution is 6.69. The Morgan fingerprint density at radius 3 is 0.947 bits per heavy atom. The third-order valence-corrected chi connectivity index (χ3v) is 7.32. The van der Waals surface area contributed by atoms with Gasteiger partial charge in [0.1, 0.15) is 0 Å². The van der Waals surface area contributed by atoms with Crippen LogP contribution in [0.25, 0.3) is 0 Å². The lowest BCUT2D eigenvalue weighted by atomic mass is 10.1. The van der Waals surface area contributed by atoms with E-state index in [9.17, 15) is 4.80 Å². The van der Waals surface area contributed by atoms with E-state index in [0.717, 1.165) is 19.1 Å². The molecule has 0 saturated carbocycles. The van der Waals surface area contributed by atoms with E-state index < -0.39 is 8.32 Å². The van der Waals surface area contributed by atoms with Crippen LogP contribution in [0.5, 0.6) is 0 Å². The number of hydrogen-bond acceptors (Lipinski definition) is 9. The van der Waals surface area contributed by atoms with Crippen molar-refractivity contribution in [2.75, 3.05) is 106 Å². The van der Waals surface area contributed by atoms with E-state index in [1.165, 1.54) is 51.4 Å². The zero-order valence-corrected chi connectivity index (χ0v) is 25.9. The minimum absolute atomic E-state index is 0.545. The molecule has 0 bridgehead atoms. The van der Waals surface area contributed by atoms with Gasteiger partial charge in [0.15, 0.2) is 8.32 Å². The predicted octanol–water partition coefficient (Wildman–Crippen LogP) is 4.46. The van der Waals surface area contributed by atoms with Crippen LogP contribution in [0, 0.1) is 0 Å². The lowest BCUT2D eigenvalue weighted by Crippen LogP contribution is -2.23. The molecule has 0 aliphatic heterocycles. The molecule has 0 heterocycles. The van der Waals surface area contributed by atoms with E-state index in [-0.39, 0.29) is 0 Å². The maximum atomic E-state index is 9.83. The van der Waals surface area contributed by atoms with Crippen LogP contribution < -0.4 is 0 Å². The molecule has 0 amide bonds. The lowest BCUT2D eigenvalue weighted by Gasteiger charge is -2.12. The van der Waals surface area contributed by atoms with Gasteiger partial charge in [-0.15, -0.1) is 0 Å². The van der Waals surface area contributed by atoms with Crippen molar-refractivity contribution < 1.29 is 42.7 Å². The van der Waals surface area contributed by atoms with Crippen molar-refractivity contribution in [2.24, 2.45) is 0 Å². The van der Waals surface area contributed by atoms with Crippen molar-refractivity contribution in [3.05, 3.63) is 0 Å². The lowest BCUT2D eigenvalue weighted by molar-refractivity contribution is -0.0221. The Morgan fingerprint density at radius 2 is 0.632 bits per heavy atom. The number of methoxy groups -OCH3 is 1. The molecule has 0 aliphatic carbocycles. The van der Waals surface area contributed by atoms with Crippen molar-refractivity contribution >= 4 is 8.32 Å². The van der Waals surface area contributed by atoms with Crippen LogP contribution in [-0.2, 0) is 37.9 Å². The first-order valence-corrected chi connectivity index (χ1v) is 18.0. The number of unbranched alkanes of at least 4 members (excludes halogenated alkanes) is 8. The summed E-state index contributed by atoms with van der Waals surface area (Å²) in [6.45, 7) is 12.9. The second-order valence-electron chi connectivity index (χ2n) is 10.0. The summed E-state index contributed by atoms with van der Waals surface area (Å²) in [5, 5.41) is 0. The third-order valence-electron chi connectivity index (χ3n) is 5.74. The first-order valence-electron chi connectivity index (χ1n) is 14.8. The largest absolute Gasteiger partial charge is 0.432 e. The molecule has 0 radical (unpaired) electrons. The van der Waals surface area contributed by atoms with Crippen LogP contribution in [0.3, 0.4) is 0 Å². The fraction of sp³-hybridized carbons (Fsp3) is 1.00. The molecule has 0 saturated heterocycles. The molecule has 9 nitrogen and oxygen atoms in total. The van der Waals surface area contributed by atoms with Crippen molar-refractivity contribution in [1.29, 1.82) is 0 Å². The van der Waals surface area contributed by atoms with Crippen molar-refractivity contribution in [2.45, 2.75) is 76.9 Å².